The van der Waals surface area contributed by atoms with Gasteiger partial charge < -0.3 is 14.8 Å². The fourth-order valence-corrected chi connectivity index (χ4v) is 2.50. The van der Waals surface area contributed by atoms with Crippen molar-refractivity contribution in [3.05, 3.63) is 83.9 Å². The molecule has 3 rings (SSSR count). The van der Waals surface area contributed by atoms with Crippen LogP contribution in [0.15, 0.2) is 67.0 Å². The molecule has 1 aromatic heterocycles. The molecule has 0 aliphatic carbocycles. The van der Waals surface area contributed by atoms with Crippen LogP contribution in [-0.2, 0) is 17.8 Å². The first-order valence-corrected chi connectivity index (χ1v) is 8.38. The van der Waals surface area contributed by atoms with Gasteiger partial charge in [0.15, 0.2) is 11.5 Å². The summed E-state index contributed by atoms with van der Waals surface area (Å²) in [7, 11) is 1.55. The lowest BCUT2D eigenvalue weighted by atomic mass is 10.1. The Morgan fingerprint density at radius 1 is 1.07 bits per heavy atom. The number of methoxy groups -OCH3 is 1. The van der Waals surface area contributed by atoms with Crippen LogP contribution in [0.1, 0.15) is 11.1 Å². The van der Waals surface area contributed by atoms with Gasteiger partial charge in [0.2, 0.25) is 5.91 Å². The molecule has 0 saturated heterocycles. The Morgan fingerprint density at radius 2 is 1.89 bits per heavy atom. The van der Waals surface area contributed by atoms with Crippen molar-refractivity contribution in [2.24, 2.45) is 0 Å². The van der Waals surface area contributed by atoms with E-state index in [9.17, 15) is 9.18 Å². The summed E-state index contributed by atoms with van der Waals surface area (Å²) in [6.07, 6.45) is 3.57. The Hall–Kier alpha value is -3.41. The van der Waals surface area contributed by atoms with Crippen molar-refractivity contribution in [1.29, 1.82) is 0 Å². The first-order chi connectivity index (χ1) is 13.1. The van der Waals surface area contributed by atoms with Gasteiger partial charge in [-0.05, 0) is 35.9 Å². The van der Waals surface area contributed by atoms with Gasteiger partial charge in [0.25, 0.3) is 0 Å². The number of halogens is 1. The smallest absolute Gasteiger partial charge is 0.228 e. The molecule has 27 heavy (non-hydrogen) atoms. The molecule has 0 radical (unpaired) electrons. The molecule has 0 unspecified atom stereocenters. The summed E-state index contributed by atoms with van der Waals surface area (Å²) >= 11 is 0. The zero-order chi connectivity index (χ0) is 19.1. The van der Waals surface area contributed by atoms with E-state index in [-0.39, 0.29) is 18.1 Å². The van der Waals surface area contributed by atoms with Crippen molar-refractivity contribution in [2.45, 2.75) is 13.0 Å². The topological polar surface area (TPSA) is 60.5 Å². The van der Waals surface area contributed by atoms with Gasteiger partial charge in [-0.25, -0.2) is 4.39 Å². The molecule has 0 aliphatic rings. The summed E-state index contributed by atoms with van der Waals surface area (Å²) in [5.41, 5.74) is 2.24. The minimum absolute atomic E-state index is 0.151. The molecule has 138 valence electrons. The van der Waals surface area contributed by atoms with E-state index in [1.807, 2.05) is 12.1 Å². The highest BCUT2D eigenvalue weighted by Crippen LogP contribution is 2.31. The molecule has 0 bridgehead atoms. The van der Waals surface area contributed by atoms with Crippen molar-refractivity contribution in [1.82, 2.24) is 4.98 Å². The third-order valence-corrected chi connectivity index (χ3v) is 3.84. The third-order valence-electron chi connectivity index (χ3n) is 3.84. The Bertz CT molecular complexity index is 899. The van der Waals surface area contributed by atoms with Crippen LogP contribution in [-0.4, -0.2) is 18.0 Å². The number of anilines is 1. The molecule has 1 amide bonds. The number of hydrogen-bond acceptors (Lipinski definition) is 4. The third kappa shape index (κ3) is 5.28. The number of nitrogens with zero attached hydrogens (tertiary/aromatic N) is 1. The monoisotopic (exact) mass is 366 g/mol. The molecule has 1 N–H and O–H groups in total. The fraction of sp³-hybridized carbons (Fsp3) is 0.143. The number of nitrogens with one attached hydrogen (secondary N) is 1. The summed E-state index contributed by atoms with van der Waals surface area (Å²) in [6, 6.07) is 14.8. The van der Waals surface area contributed by atoms with Gasteiger partial charge in [-0.15, -0.1) is 0 Å². The lowest BCUT2D eigenvalue weighted by Gasteiger charge is -2.13. The van der Waals surface area contributed by atoms with Gasteiger partial charge in [0.1, 0.15) is 12.4 Å². The van der Waals surface area contributed by atoms with Gasteiger partial charge in [-0.2, -0.15) is 0 Å². The second-order valence-corrected chi connectivity index (χ2v) is 5.87. The standard InChI is InChI=1S/C21H19FN2O3/c1-26-19-9-8-18(12-20(19)27-14-16-3-2-10-23-13-16)24-21(25)11-15-4-6-17(22)7-5-15/h2-10,12-13H,11,14H2,1H3,(H,24,25). The van der Waals surface area contributed by atoms with Gasteiger partial charge in [-0.3, -0.25) is 9.78 Å². The fourth-order valence-electron chi connectivity index (χ4n) is 2.50. The molecule has 0 aliphatic heterocycles. The highest BCUT2D eigenvalue weighted by molar-refractivity contribution is 5.92. The van der Waals surface area contributed by atoms with Gasteiger partial charge in [0, 0.05) is 29.7 Å². The maximum Gasteiger partial charge on any atom is 0.228 e. The number of rotatable bonds is 7. The molecule has 2 aromatic carbocycles. The highest BCUT2D eigenvalue weighted by atomic mass is 19.1. The molecule has 0 spiro atoms. The summed E-state index contributed by atoms with van der Waals surface area (Å²) in [4.78, 5) is 16.3. The molecule has 0 atom stereocenters. The highest BCUT2D eigenvalue weighted by Gasteiger charge is 2.09. The van der Waals surface area contributed by atoms with Crippen LogP contribution in [0.5, 0.6) is 11.5 Å². The quantitative estimate of drug-likeness (QED) is 0.687. The lowest BCUT2D eigenvalue weighted by molar-refractivity contribution is -0.115. The van der Waals surface area contributed by atoms with E-state index in [2.05, 4.69) is 10.3 Å². The van der Waals surface area contributed by atoms with Crippen molar-refractivity contribution in [3.63, 3.8) is 0 Å². The predicted molar refractivity (Wildman–Crippen MR) is 100 cm³/mol. The van der Waals surface area contributed by atoms with E-state index in [1.54, 1.807) is 49.8 Å². The molecular formula is C21H19FN2O3. The summed E-state index contributed by atoms with van der Waals surface area (Å²) in [5.74, 6) is 0.547. The molecular weight excluding hydrogens is 347 g/mol. The second kappa shape index (κ2) is 8.80. The number of aromatic nitrogens is 1. The van der Waals surface area contributed by atoms with Crippen LogP contribution in [0.4, 0.5) is 10.1 Å². The number of pyridine rings is 1. The van der Waals surface area contributed by atoms with E-state index in [1.165, 1.54) is 12.1 Å². The van der Waals surface area contributed by atoms with Gasteiger partial charge >= 0.3 is 0 Å². The molecule has 5 nitrogen and oxygen atoms in total. The van der Waals surface area contributed by atoms with Crippen LogP contribution in [0.3, 0.4) is 0 Å². The first-order valence-electron chi connectivity index (χ1n) is 8.38. The van der Waals surface area contributed by atoms with E-state index in [0.717, 1.165) is 11.1 Å². The Balaban J connectivity index is 1.66. The molecule has 0 fully saturated rings. The average molecular weight is 366 g/mol. The normalized spacial score (nSPS) is 10.3. The van der Waals surface area contributed by atoms with E-state index in [0.29, 0.717) is 23.8 Å². The Kier molecular flexibility index (Phi) is 5.99. The SMILES string of the molecule is COc1ccc(NC(=O)Cc2ccc(F)cc2)cc1OCc1cccnc1. The Morgan fingerprint density at radius 3 is 2.59 bits per heavy atom. The van der Waals surface area contributed by atoms with E-state index >= 15 is 0 Å². The largest absolute Gasteiger partial charge is 0.493 e. The number of carbonyl (C=O) groups excluding carboxylic acids is 1. The van der Waals surface area contributed by atoms with Crippen LogP contribution < -0.4 is 14.8 Å². The average Bonchev–Trinajstić information content (AvgIpc) is 2.69. The van der Waals surface area contributed by atoms with Crippen molar-refractivity contribution >= 4 is 11.6 Å². The number of hydrogen-bond donors (Lipinski definition) is 1. The molecule has 1 heterocycles. The Labute approximate surface area is 156 Å². The number of carbonyl (C=O) groups is 1. The van der Waals surface area contributed by atoms with Crippen LogP contribution >= 0.6 is 0 Å². The van der Waals surface area contributed by atoms with Crippen LogP contribution in [0, 0.1) is 5.82 Å². The van der Waals surface area contributed by atoms with Crippen molar-refractivity contribution < 1.29 is 18.7 Å². The maximum absolute atomic E-state index is 13.0. The zero-order valence-electron chi connectivity index (χ0n) is 14.8. The van der Waals surface area contributed by atoms with E-state index < -0.39 is 0 Å². The lowest BCUT2D eigenvalue weighted by Crippen LogP contribution is -2.14. The predicted octanol–water partition coefficient (Wildman–Crippen LogP) is 3.99. The van der Waals surface area contributed by atoms with Crippen LogP contribution in [0.2, 0.25) is 0 Å². The zero-order valence-corrected chi connectivity index (χ0v) is 14.8. The van der Waals surface area contributed by atoms with Crippen LogP contribution in [0.25, 0.3) is 0 Å². The number of amides is 1. The molecule has 6 heteroatoms. The van der Waals surface area contributed by atoms with Gasteiger partial charge in [0.05, 0.1) is 13.5 Å². The first kappa shape index (κ1) is 18.4. The summed E-state index contributed by atoms with van der Waals surface area (Å²) < 4.78 is 24.1. The summed E-state index contributed by atoms with van der Waals surface area (Å²) in [5, 5.41) is 2.81. The van der Waals surface area contributed by atoms with E-state index in [4.69, 9.17) is 9.47 Å². The van der Waals surface area contributed by atoms with Crippen molar-refractivity contribution in [3.8, 4) is 11.5 Å². The molecule has 3 aromatic rings. The minimum atomic E-state index is -0.329. The second-order valence-electron chi connectivity index (χ2n) is 5.87. The summed E-state index contributed by atoms with van der Waals surface area (Å²) in [6.45, 7) is 0.331. The minimum Gasteiger partial charge on any atom is -0.493 e. The number of benzene rings is 2. The number of ether oxygens (including phenoxy) is 2. The molecule has 0 saturated carbocycles. The van der Waals surface area contributed by atoms with Crippen molar-refractivity contribution in [2.75, 3.05) is 12.4 Å². The van der Waals surface area contributed by atoms with Gasteiger partial charge in [-0.1, -0.05) is 18.2 Å². The maximum atomic E-state index is 13.0.